The quantitative estimate of drug-likeness (QED) is 0.784. The molecule has 0 spiro atoms. The van der Waals surface area contributed by atoms with Crippen LogP contribution < -0.4 is 0 Å². The Morgan fingerprint density at radius 3 is 2.05 bits per heavy atom. The van der Waals surface area contributed by atoms with Crippen LogP contribution in [-0.2, 0) is 9.53 Å². The van der Waals surface area contributed by atoms with Gasteiger partial charge >= 0.3 is 6.09 Å². The molecule has 0 bridgehead atoms. The Balaban J connectivity index is 0.00000154. The summed E-state index contributed by atoms with van der Waals surface area (Å²) in [6, 6.07) is 0. The normalized spacial score (nSPS) is 16.2. The SMILES string of the molecule is CC.CC(C)(C)OC(=O)N1CCC(C(=O)C=N)CC1. The molecule has 1 heterocycles. The number of nitrogens with zero attached hydrogens (tertiary/aromatic N) is 1. The molecule has 0 unspecified atom stereocenters. The number of hydrogen-bond donors (Lipinski definition) is 1. The van der Waals surface area contributed by atoms with E-state index in [1.807, 2.05) is 34.6 Å². The van der Waals surface area contributed by atoms with E-state index in [1.54, 1.807) is 4.90 Å². The van der Waals surface area contributed by atoms with E-state index in [1.165, 1.54) is 0 Å². The van der Waals surface area contributed by atoms with E-state index < -0.39 is 5.60 Å². The molecule has 1 aliphatic heterocycles. The zero-order valence-corrected chi connectivity index (χ0v) is 12.7. The largest absolute Gasteiger partial charge is 0.444 e. The van der Waals surface area contributed by atoms with Crippen molar-refractivity contribution in [1.82, 2.24) is 4.90 Å². The molecule has 0 radical (unpaired) electrons. The van der Waals surface area contributed by atoms with Crippen molar-refractivity contribution in [2.75, 3.05) is 13.1 Å². The molecule has 0 aromatic rings. The predicted molar refractivity (Wildman–Crippen MR) is 75.7 cm³/mol. The summed E-state index contributed by atoms with van der Waals surface area (Å²) in [7, 11) is 0. The molecule has 0 aromatic carbocycles. The predicted octanol–water partition coefficient (Wildman–Crippen LogP) is 2.88. The maximum Gasteiger partial charge on any atom is 0.410 e. The van der Waals surface area contributed by atoms with Crippen LogP contribution in [0.2, 0.25) is 0 Å². The van der Waals surface area contributed by atoms with Gasteiger partial charge in [-0.15, -0.1) is 0 Å². The molecule has 0 atom stereocenters. The second-order valence-corrected chi connectivity index (χ2v) is 5.29. The van der Waals surface area contributed by atoms with Crippen LogP contribution in [0.25, 0.3) is 0 Å². The van der Waals surface area contributed by atoms with Gasteiger partial charge in [-0.1, -0.05) is 13.8 Å². The number of carbonyl (C=O) groups is 2. The van der Waals surface area contributed by atoms with Gasteiger partial charge in [0, 0.05) is 19.0 Å². The molecule has 1 N–H and O–H groups in total. The molecule has 1 fully saturated rings. The van der Waals surface area contributed by atoms with Crippen molar-refractivity contribution < 1.29 is 14.3 Å². The highest BCUT2D eigenvalue weighted by molar-refractivity contribution is 6.27. The fourth-order valence-electron chi connectivity index (χ4n) is 1.79. The van der Waals surface area contributed by atoms with Gasteiger partial charge in [0.1, 0.15) is 5.60 Å². The number of rotatable bonds is 2. The highest BCUT2D eigenvalue weighted by atomic mass is 16.6. The first kappa shape index (κ1) is 17.6. The van der Waals surface area contributed by atoms with Crippen LogP contribution in [0, 0.1) is 11.3 Å². The minimum absolute atomic E-state index is 0.105. The minimum Gasteiger partial charge on any atom is -0.444 e. The molecule has 5 heteroatoms. The lowest BCUT2D eigenvalue weighted by molar-refractivity contribution is -0.117. The zero-order valence-electron chi connectivity index (χ0n) is 12.7. The van der Waals surface area contributed by atoms with Gasteiger partial charge in [-0.05, 0) is 33.6 Å². The van der Waals surface area contributed by atoms with Crippen LogP contribution in [0.4, 0.5) is 4.79 Å². The Hall–Kier alpha value is -1.39. The highest BCUT2D eigenvalue weighted by Gasteiger charge is 2.28. The molecule has 110 valence electrons. The molecular weight excluding hydrogens is 244 g/mol. The lowest BCUT2D eigenvalue weighted by atomic mass is 9.93. The Morgan fingerprint density at radius 2 is 1.68 bits per heavy atom. The molecule has 1 rings (SSSR count). The van der Waals surface area contributed by atoms with Crippen LogP contribution >= 0.6 is 0 Å². The average Bonchev–Trinajstić information content (AvgIpc) is 2.38. The third-order valence-corrected chi connectivity index (χ3v) is 2.69. The van der Waals surface area contributed by atoms with E-state index >= 15 is 0 Å². The fourth-order valence-corrected chi connectivity index (χ4v) is 1.79. The van der Waals surface area contributed by atoms with E-state index in [4.69, 9.17) is 10.1 Å². The molecule has 1 amide bonds. The Labute approximate surface area is 115 Å². The second kappa shape index (κ2) is 7.92. The lowest BCUT2D eigenvalue weighted by Gasteiger charge is -2.32. The summed E-state index contributed by atoms with van der Waals surface area (Å²) in [4.78, 5) is 24.7. The van der Waals surface area contributed by atoms with Gasteiger partial charge in [0.05, 0.1) is 6.21 Å². The van der Waals surface area contributed by atoms with Crippen molar-refractivity contribution in [2.45, 2.75) is 53.1 Å². The van der Waals surface area contributed by atoms with Crippen LogP contribution in [0.3, 0.4) is 0 Å². The first-order valence-corrected chi connectivity index (χ1v) is 6.86. The van der Waals surface area contributed by atoms with Crippen molar-refractivity contribution in [3.63, 3.8) is 0 Å². The summed E-state index contributed by atoms with van der Waals surface area (Å²) in [5, 5.41) is 6.92. The summed E-state index contributed by atoms with van der Waals surface area (Å²) in [6.07, 6.45) is 1.78. The zero-order chi connectivity index (χ0) is 15.1. The number of nitrogens with one attached hydrogen (secondary N) is 1. The van der Waals surface area contributed by atoms with Gasteiger partial charge in [-0.2, -0.15) is 0 Å². The standard InChI is InChI=1S/C12H20N2O3.C2H6/c1-12(2,3)17-11(16)14-6-4-9(5-7-14)10(15)8-13;1-2/h8-9,13H,4-7H2,1-3H3;1-2H3. The van der Waals surface area contributed by atoms with E-state index in [0.29, 0.717) is 25.9 Å². The Bertz CT molecular complexity index is 313. The van der Waals surface area contributed by atoms with Gasteiger partial charge in [0.15, 0.2) is 5.78 Å². The molecule has 0 aromatic heterocycles. The van der Waals surface area contributed by atoms with Crippen LogP contribution in [0.1, 0.15) is 47.5 Å². The van der Waals surface area contributed by atoms with E-state index in [9.17, 15) is 9.59 Å². The third kappa shape index (κ3) is 6.36. The van der Waals surface area contributed by atoms with Crippen LogP contribution in [-0.4, -0.2) is 41.7 Å². The smallest absolute Gasteiger partial charge is 0.410 e. The number of ether oxygens (including phenoxy) is 1. The first-order chi connectivity index (χ1) is 8.83. The molecule has 0 aliphatic carbocycles. The summed E-state index contributed by atoms with van der Waals surface area (Å²) in [5.74, 6) is -0.250. The van der Waals surface area contributed by atoms with Gasteiger partial charge < -0.3 is 15.0 Å². The third-order valence-electron chi connectivity index (χ3n) is 2.69. The minimum atomic E-state index is -0.487. The van der Waals surface area contributed by atoms with E-state index in [-0.39, 0.29) is 17.8 Å². The summed E-state index contributed by atoms with van der Waals surface area (Å²) in [6.45, 7) is 10.5. The van der Waals surface area contributed by atoms with Gasteiger partial charge in [0.2, 0.25) is 0 Å². The summed E-state index contributed by atoms with van der Waals surface area (Å²) < 4.78 is 5.26. The molecule has 0 saturated carbocycles. The van der Waals surface area contributed by atoms with Crippen molar-refractivity contribution in [1.29, 1.82) is 5.41 Å². The fraction of sp³-hybridized carbons (Fsp3) is 0.786. The van der Waals surface area contributed by atoms with Gasteiger partial charge in [0.25, 0.3) is 0 Å². The monoisotopic (exact) mass is 270 g/mol. The maximum absolute atomic E-state index is 11.7. The van der Waals surface area contributed by atoms with Crippen molar-refractivity contribution in [2.24, 2.45) is 5.92 Å². The lowest BCUT2D eigenvalue weighted by Crippen LogP contribution is -2.43. The van der Waals surface area contributed by atoms with Crippen molar-refractivity contribution in [3.05, 3.63) is 0 Å². The maximum atomic E-state index is 11.7. The van der Waals surface area contributed by atoms with Crippen molar-refractivity contribution >= 4 is 18.1 Å². The Morgan fingerprint density at radius 1 is 1.21 bits per heavy atom. The number of ketones is 1. The number of carbonyl (C=O) groups excluding carboxylic acids is 2. The number of piperidine rings is 1. The first-order valence-electron chi connectivity index (χ1n) is 6.86. The highest BCUT2D eigenvalue weighted by Crippen LogP contribution is 2.19. The summed E-state index contributed by atoms with van der Waals surface area (Å²) in [5.41, 5.74) is -0.487. The summed E-state index contributed by atoms with van der Waals surface area (Å²) >= 11 is 0. The van der Waals surface area contributed by atoms with Crippen LogP contribution in [0.15, 0.2) is 0 Å². The van der Waals surface area contributed by atoms with Gasteiger partial charge in [-0.3, -0.25) is 4.79 Å². The van der Waals surface area contributed by atoms with E-state index in [0.717, 1.165) is 6.21 Å². The molecule has 1 aliphatic rings. The molecule has 1 saturated heterocycles. The average molecular weight is 270 g/mol. The number of likely N-dealkylation sites (tertiary alicyclic amines) is 1. The number of Topliss-reactive ketones (excluding diaryl/α,β-unsaturated/α-hetero) is 1. The van der Waals surface area contributed by atoms with Crippen LogP contribution in [0.5, 0.6) is 0 Å². The Kier molecular flexibility index (Phi) is 7.34. The number of amides is 1. The molecule has 19 heavy (non-hydrogen) atoms. The molecular formula is C14H26N2O3. The van der Waals surface area contributed by atoms with E-state index in [2.05, 4.69) is 0 Å². The van der Waals surface area contributed by atoms with Gasteiger partial charge in [-0.25, -0.2) is 4.79 Å². The topological polar surface area (TPSA) is 70.5 Å². The van der Waals surface area contributed by atoms with Crippen molar-refractivity contribution in [3.8, 4) is 0 Å². The second-order valence-electron chi connectivity index (χ2n) is 5.29. The molecule has 5 nitrogen and oxygen atoms in total. The number of hydrogen-bond acceptors (Lipinski definition) is 4.